The first-order chi connectivity index (χ1) is 10.8. The summed E-state index contributed by atoms with van der Waals surface area (Å²) in [6, 6.07) is 2.32. The van der Waals surface area contributed by atoms with Crippen molar-refractivity contribution in [3.8, 4) is 0 Å². The van der Waals surface area contributed by atoms with E-state index in [-0.39, 0.29) is 0 Å². The van der Waals surface area contributed by atoms with Gasteiger partial charge in [0.25, 0.3) is 8.25 Å². The Kier molecular flexibility index (Phi) is 20.2. The van der Waals surface area contributed by atoms with E-state index in [0.717, 1.165) is 12.1 Å². The summed E-state index contributed by atoms with van der Waals surface area (Å²) >= 11 is 0. The van der Waals surface area contributed by atoms with Crippen molar-refractivity contribution in [1.82, 2.24) is 0 Å². The van der Waals surface area contributed by atoms with E-state index in [1.54, 1.807) is 0 Å². The normalized spacial score (nSPS) is 13.7. The summed E-state index contributed by atoms with van der Waals surface area (Å²) in [7, 11) is -3.32. The molecule has 0 aromatic rings. The molecule has 0 rings (SSSR count). The smallest absolute Gasteiger partial charge is 0.298 e. The molecule has 0 aromatic carbocycles. The van der Waals surface area contributed by atoms with Gasteiger partial charge in [0.1, 0.15) is 0 Å². The van der Waals surface area contributed by atoms with Crippen LogP contribution in [0.4, 0.5) is 0 Å². The van der Waals surface area contributed by atoms with Gasteiger partial charge in [-0.3, -0.25) is 4.57 Å². The van der Waals surface area contributed by atoms with Crippen LogP contribution in [-0.2, 0) is 13.0 Å². The zero-order valence-electron chi connectivity index (χ0n) is 15.0. The molecule has 0 amide bonds. The monoisotopic (exact) mass is 366 g/mol. The van der Waals surface area contributed by atoms with Crippen LogP contribution in [0, 0.1) is 0 Å². The summed E-state index contributed by atoms with van der Waals surface area (Å²) in [5.74, 6) is 0. The van der Waals surface area contributed by atoms with E-state index in [4.69, 9.17) is 8.43 Å². The van der Waals surface area contributed by atoms with Gasteiger partial charge in [0.15, 0.2) is 19.5 Å². The van der Waals surface area contributed by atoms with Crippen molar-refractivity contribution >= 4 is 27.8 Å². The van der Waals surface area contributed by atoms with Crippen molar-refractivity contribution in [1.29, 1.82) is 0 Å². The molecule has 0 heterocycles. The molecule has 0 spiro atoms. The molecule has 22 heavy (non-hydrogen) atoms. The highest BCUT2D eigenvalue weighted by molar-refractivity contribution is 7.36. The standard InChI is InChI=1S/C16H39O3PSi2/c1-3-5-7-9-11-13-15-21-18-20(17)19-22-16-14-12-10-8-6-4-2/h20H,3-16,21-22H2,1-2H3. The molecule has 134 valence electrons. The van der Waals surface area contributed by atoms with Crippen LogP contribution < -0.4 is 0 Å². The Morgan fingerprint density at radius 3 is 1.41 bits per heavy atom. The molecule has 0 aliphatic carbocycles. The Hall–Kier alpha value is 0.584. The van der Waals surface area contributed by atoms with Crippen molar-refractivity contribution in [2.75, 3.05) is 0 Å². The summed E-state index contributed by atoms with van der Waals surface area (Å²) in [6.07, 6.45) is 15.9. The zero-order chi connectivity index (χ0) is 16.3. The van der Waals surface area contributed by atoms with Gasteiger partial charge in [-0.15, -0.1) is 0 Å². The lowest BCUT2D eigenvalue weighted by atomic mass is 10.1. The third-order valence-electron chi connectivity index (χ3n) is 3.94. The third-order valence-corrected chi connectivity index (χ3v) is 9.03. The Labute approximate surface area is 144 Å². The molecular weight excluding hydrogens is 327 g/mol. The molecule has 0 fully saturated rings. The van der Waals surface area contributed by atoms with Crippen LogP contribution in [0.1, 0.15) is 90.9 Å². The average Bonchev–Trinajstić information content (AvgIpc) is 2.52. The summed E-state index contributed by atoms with van der Waals surface area (Å²) in [5, 5.41) is 0. The van der Waals surface area contributed by atoms with Gasteiger partial charge in [0.05, 0.1) is 0 Å². The van der Waals surface area contributed by atoms with Crippen molar-refractivity contribution in [2.24, 2.45) is 0 Å². The molecule has 0 saturated heterocycles. The van der Waals surface area contributed by atoms with Gasteiger partial charge in [0.2, 0.25) is 0 Å². The Balaban J connectivity index is 3.13. The fourth-order valence-corrected chi connectivity index (χ4v) is 7.16. The summed E-state index contributed by atoms with van der Waals surface area (Å²) < 4.78 is 22.5. The molecule has 0 bridgehead atoms. The second kappa shape index (κ2) is 19.6. The molecule has 0 aliphatic rings. The topological polar surface area (TPSA) is 35.5 Å². The fraction of sp³-hybridized carbons (Fsp3) is 1.00. The molecule has 0 aromatic heterocycles. The van der Waals surface area contributed by atoms with Gasteiger partial charge in [-0.2, -0.15) is 0 Å². The maximum absolute atomic E-state index is 11.6. The first-order valence-electron chi connectivity index (χ1n) is 9.60. The summed E-state index contributed by atoms with van der Waals surface area (Å²) in [6.45, 7) is 4.49. The average molecular weight is 367 g/mol. The second-order valence-corrected chi connectivity index (χ2v) is 11.2. The van der Waals surface area contributed by atoms with E-state index in [2.05, 4.69) is 13.8 Å². The van der Waals surface area contributed by atoms with Crippen molar-refractivity contribution in [2.45, 2.75) is 103 Å². The number of unbranched alkanes of at least 4 members (excludes halogenated alkanes) is 10. The lowest BCUT2D eigenvalue weighted by Gasteiger charge is -2.06. The molecule has 0 saturated carbocycles. The first-order valence-corrected chi connectivity index (χ1v) is 14.0. The molecule has 0 atom stereocenters. The van der Waals surface area contributed by atoms with Crippen molar-refractivity contribution in [3.05, 3.63) is 0 Å². The fourth-order valence-electron chi connectivity index (χ4n) is 2.47. The Morgan fingerprint density at radius 2 is 1.00 bits per heavy atom. The number of hydrogen-bond acceptors (Lipinski definition) is 3. The summed E-state index contributed by atoms with van der Waals surface area (Å²) in [5.41, 5.74) is 0. The predicted octanol–water partition coefficient (Wildman–Crippen LogP) is 5.13. The second-order valence-electron chi connectivity index (χ2n) is 6.19. The van der Waals surface area contributed by atoms with Crippen LogP contribution >= 0.6 is 8.25 Å². The van der Waals surface area contributed by atoms with Crippen LogP contribution in [0.2, 0.25) is 12.1 Å². The minimum atomic E-state index is -2.12. The SMILES string of the molecule is CCCCCCCC[SiH2]O[PH](=O)O[SiH2]CCCCCCCC. The predicted molar refractivity (Wildman–Crippen MR) is 105 cm³/mol. The van der Waals surface area contributed by atoms with E-state index < -0.39 is 27.8 Å². The van der Waals surface area contributed by atoms with Gasteiger partial charge in [-0.1, -0.05) is 90.9 Å². The maximum Gasteiger partial charge on any atom is 0.298 e. The number of hydrogen-bond donors (Lipinski definition) is 0. The van der Waals surface area contributed by atoms with E-state index in [1.165, 1.54) is 77.0 Å². The first kappa shape index (κ1) is 22.6. The van der Waals surface area contributed by atoms with Gasteiger partial charge in [-0.25, -0.2) is 0 Å². The van der Waals surface area contributed by atoms with Gasteiger partial charge >= 0.3 is 0 Å². The highest BCUT2D eigenvalue weighted by Crippen LogP contribution is 2.23. The highest BCUT2D eigenvalue weighted by Gasteiger charge is 2.00. The van der Waals surface area contributed by atoms with Gasteiger partial charge in [0, 0.05) is 0 Å². The number of rotatable bonds is 18. The van der Waals surface area contributed by atoms with E-state index in [9.17, 15) is 4.57 Å². The molecular formula is C16H39O3PSi2. The van der Waals surface area contributed by atoms with Crippen LogP contribution in [0.25, 0.3) is 0 Å². The summed E-state index contributed by atoms with van der Waals surface area (Å²) in [4.78, 5) is 0. The van der Waals surface area contributed by atoms with Crippen LogP contribution in [0.3, 0.4) is 0 Å². The van der Waals surface area contributed by atoms with Crippen LogP contribution in [-0.4, -0.2) is 19.5 Å². The van der Waals surface area contributed by atoms with E-state index in [0.29, 0.717) is 0 Å². The van der Waals surface area contributed by atoms with Crippen LogP contribution in [0.5, 0.6) is 0 Å². The lowest BCUT2D eigenvalue weighted by Crippen LogP contribution is -1.96. The van der Waals surface area contributed by atoms with Gasteiger partial charge < -0.3 is 8.43 Å². The van der Waals surface area contributed by atoms with Crippen molar-refractivity contribution < 1.29 is 13.0 Å². The lowest BCUT2D eigenvalue weighted by molar-refractivity contribution is 0.432. The minimum Gasteiger partial charge on any atom is -0.361 e. The van der Waals surface area contributed by atoms with E-state index >= 15 is 0 Å². The van der Waals surface area contributed by atoms with Gasteiger partial charge in [-0.05, 0) is 12.1 Å². The van der Waals surface area contributed by atoms with E-state index in [1.807, 2.05) is 0 Å². The van der Waals surface area contributed by atoms with Crippen molar-refractivity contribution in [3.63, 3.8) is 0 Å². The molecule has 0 N–H and O–H groups in total. The Morgan fingerprint density at radius 1 is 0.636 bits per heavy atom. The third kappa shape index (κ3) is 18.6. The quantitative estimate of drug-likeness (QED) is 0.191. The highest BCUT2D eigenvalue weighted by atomic mass is 31.1. The van der Waals surface area contributed by atoms with Crippen LogP contribution in [0.15, 0.2) is 0 Å². The Bertz CT molecular complexity index is 221. The largest absolute Gasteiger partial charge is 0.361 e. The molecule has 0 radical (unpaired) electrons. The minimum absolute atomic E-state index is 0.599. The molecule has 6 heteroatoms. The molecule has 3 nitrogen and oxygen atoms in total. The molecule has 0 aliphatic heterocycles. The molecule has 0 unspecified atom stereocenters. The zero-order valence-corrected chi connectivity index (χ0v) is 18.9. The maximum atomic E-state index is 11.6.